The summed E-state index contributed by atoms with van der Waals surface area (Å²) in [7, 11) is -3.46. The highest BCUT2D eigenvalue weighted by atomic mass is 127. The Morgan fingerprint density at radius 2 is 1.71 bits per heavy atom. The molecule has 0 aromatic heterocycles. The fraction of sp³-hybridized carbons (Fsp3) is 0.0769. The van der Waals surface area contributed by atoms with Gasteiger partial charge in [-0.15, -0.1) is 0 Å². The molecule has 0 radical (unpaired) electrons. The van der Waals surface area contributed by atoms with Crippen molar-refractivity contribution in [3.8, 4) is 0 Å². The lowest BCUT2D eigenvalue weighted by atomic mass is 10.2. The van der Waals surface area contributed by atoms with Crippen LogP contribution in [0.2, 0.25) is 0 Å². The molecule has 86 valence electrons. The van der Waals surface area contributed by atoms with Gasteiger partial charge in [-0.25, -0.2) is 8.42 Å². The van der Waals surface area contributed by atoms with Crippen LogP contribution in [0.4, 0.5) is 0 Å². The Morgan fingerprint density at radius 1 is 1.06 bits per heavy atom. The maximum atomic E-state index is 12.2. The molecule has 0 N–H and O–H groups in total. The molecule has 1 aliphatic rings. The third-order valence-electron chi connectivity index (χ3n) is 2.31. The summed E-state index contributed by atoms with van der Waals surface area (Å²) in [6, 6.07) is 6.78. The van der Waals surface area contributed by atoms with E-state index < -0.39 is 9.84 Å². The summed E-state index contributed by atoms with van der Waals surface area (Å²) in [5.41, 5.74) is 6.47. The first-order chi connectivity index (χ1) is 8.00. The van der Waals surface area contributed by atoms with Crippen LogP contribution < -0.4 is 0 Å². The van der Waals surface area contributed by atoms with E-state index in [9.17, 15) is 8.42 Å². The molecular weight excluding hydrogens is 347 g/mol. The molecule has 0 fully saturated rings. The second kappa shape index (κ2) is 4.67. The van der Waals surface area contributed by atoms with Gasteiger partial charge in [0.05, 0.1) is 8.48 Å². The van der Waals surface area contributed by atoms with E-state index in [1.807, 2.05) is 6.92 Å². The van der Waals surface area contributed by atoms with E-state index in [1.54, 1.807) is 36.4 Å². The molecule has 0 saturated heterocycles. The lowest BCUT2D eigenvalue weighted by molar-refractivity contribution is 0.603. The molecule has 0 saturated carbocycles. The molecule has 17 heavy (non-hydrogen) atoms. The fourth-order valence-corrected chi connectivity index (χ4v) is 2.85. The number of hydrogen-bond acceptors (Lipinski definition) is 2. The van der Waals surface area contributed by atoms with Crippen LogP contribution in [0.3, 0.4) is 0 Å². The van der Waals surface area contributed by atoms with Crippen molar-refractivity contribution >= 4 is 32.4 Å². The van der Waals surface area contributed by atoms with Crippen molar-refractivity contribution in [3.63, 3.8) is 0 Å². The Hall–Kier alpha value is -1.06. The fourth-order valence-electron chi connectivity index (χ4n) is 1.35. The van der Waals surface area contributed by atoms with Crippen LogP contribution >= 0.6 is 22.6 Å². The maximum absolute atomic E-state index is 12.2. The smallest absolute Gasteiger partial charge is 0.214 e. The predicted molar refractivity (Wildman–Crippen MR) is 75.6 cm³/mol. The van der Waals surface area contributed by atoms with E-state index in [4.69, 9.17) is 0 Å². The predicted octanol–water partition coefficient (Wildman–Crippen LogP) is 3.30. The molecule has 0 bridgehead atoms. The lowest BCUT2D eigenvalue weighted by Gasteiger charge is -2.04. The second-order valence-electron chi connectivity index (χ2n) is 3.61. The van der Waals surface area contributed by atoms with Gasteiger partial charge in [0.15, 0.2) is 0 Å². The number of rotatable bonds is 2. The highest BCUT2D eigenvalue weighted by molar-refractivity contribution is 14.1. The van der Waals surface area contributed by atoms with E-state index in [2.05, 4.69) is 34.1 Å². The maximum Gasteiger partial charge on any atom is 0.214 e. The summed E-state index contributed by atoms with van der Waals surface area (Å²) in [4.78, 5) is 0.440. The van der Waals surface area contributed by atoms with Gasteiger partial charge in [0.25, 0.3) is 0 Å². The average molecular weight is 356 g/mol. The van der Waals surface area contributed by atoms with Crippen LogP contribution in [0.25, 0.3) is 0 Å². The first-order valence-electron chi connectivity index (χ1n) is 4.91. The van der Waals surface area contributed by atoms with Crippen LogP contribution in [-0.4, -0.2) is 8.42 Å². The van der Waals surface area contributed by atoms with Gasteiger partial charge < -0.3 is 0 Å². The van der Waals surface area contributed by atoms with Crippen LogP contribution in [0.1, 0.15) is 5.56 Å². The monoisotopic (exact) mass is 356 g/mol. The van der Waals surface area contributed by atoms with Gasteiger partial charge in [0.1, 0.15) is 4.91 Å². The number of aryl methyl sites for hydroxylation is 1. The first-order valence-corrected chi connectivity index (χ1v) is 7.47. The number of benzene rings is 1. The molecule has 1 aromatic rings. The van der Waals surface area contributed by atoms with Crippen molar-refractivity contribution in [2.45, 2.75) is 11.8 Å². The third kappa shape index (κ3) is 2.61. The lowest BCUT2D eigenvalue weighted by Crippen LogP contribution is -2.03. The Balaban J connectivity index is 2.57. The number of halogens is 1. The summed E-state index contributed by atoms with van der Waals surface area (Å²) in [6.45, 7) is 1.92. The molecule has 1 aliphatic carbocycles. The highest BCUT2D eigenvalue weighted by Crippen LogP contribution is 2.22. The van der Waals surface area contributed by atoms with Crippen molar-refractivity contribution in [1.82, 2.24) is 0 Å². The molecule has 0 unspecified atom stereocenters. The van der Waals surface area contributed by atoms with E-state index in [1.165, 1.54) is 0 Å². The summed E-state index contributed by atoms with van der Waals surface area (Å²) >= 11 is 2.06. The number of hydrogen-bond donors (Lipinski definition) is 0. The average Bonchev–Trinajstić information content (AvgIpc) is 2.30. The van der Waals surface area contributed by atoms with Gasteiger partial charge in [0.2, 0.25) is 9.84 Å². The zero-order chi connectivity index (χ0) is 12.5. The molecule has 1 aromatic carbocycles. The molecular formula is C13H9IO2S. The molecule has 4 heteroatoms. The normalized spacial score (nSPS) is 14.5. The van der Waals surface area contributed by atoms with E-state index in [0.29, 0.717) is 0 Å². The highest BCUT2D eigenvalue weighted by Gasteiger charge is 2.19. The van der Waals surface area contributed by atoms with Gasteiger partial charge in [0, 0.05) is 0 Å². The number of allylic oxidation sites excluding steroid dienone is 3. The van der Waals surface area contributed by atoms with Crippen LogP contribution in [0, 0.1) is 6.92 Å². The molecule has 0 amide bonds. The van der Waals surface area contributed by atoms with Crippen LogP contribution in [0.15, 0.2) is 61.3 Å². The Morgan fingerprint density at radius 3 is 2.24 bits per heavy atom. The van der Waals surface area contributed by atoms with Gasteiger partial charge in [-0.2, -0.15) is 0 Å². The van der Waals surface area contributed by atoms with Gasteiger partial charge >= 0.3 is 0 Å². The first kappa shape index (κ1) is 12.4. The van der Waals surface area contributed by atoms with Gasteiger partial charge in [-0.3, -0.25) is 0 Å². The van der Waals surface area contributed by atoms with Crippen molar-refractivity contribution < 1.29 is 8.42 Å². The SMILES string of the molecule is Cc1ccc(S(=O)(=O)C2=C=C=C(I)C=C2)cc1. The Kier molecular flexibility index (Phi) is 3.40. The summed E-state index contributed by atoms with van der Waals surface area (Å²) < 4.78 is 25.2. The minimum absolute atomic E-state index is 0.154. The summed E-state index contributed by atoms with van der Waals surface area (Å²) in [6.07, 6.45) is 3.26. The molecule has 2 nitrogen and oxygen atoms in total. The molecule has 2 rings (SSSR count). The second-order valence-corrected chi connectivity index (χ2v) is 6.69. The molecule has 0 heterocycles. The standard InChI is InChI=1S/C13H9IO2S/c1-10-2-6-12(7-3-10)17(15,16)13-8-4-11(14)5-9-13/h2-4,6-8H,1H3. The summed E-state index contributed by atoms with van der Waals surface area (Å²) in [5, 5.41) is 0. The zero-order valence-corrected chi connectivity index (χ0v) is 12.0. The van der Waals surface area contributed by atoms with Crippen molar-refractivity contribution in [2.75, 3.05) is 0 Å². The van der Waals surface area contributed by atoms with Crippen LogP contribution in [-0.2, 0) is 9.84 Å². The van der Waals surface area contributed by atoms with E-state index in [-0.39, 0.29) is 9.80 Å². The van der Waals surface area contributed by atoms with E-state index >= 15 is 0 Å². The molecule has 0 aliphatic heterocycles. The third-order valence-corrected chi connectivity index (χ3v) is 4.65. The van der Waals surface area contributed by atoms with Crippen LogP contribution in [0.5, 0.6) is 0 Å². The number of sulfone groups is 1. The van der Waals surface area contributed by atoms with E-state index in [0.717, 1.165) is 9.14 Å². The Labute approximate surface area is 114 Å². The zero-order valence-electron chi connectivity index (χ0n) is 9.07. The van der Waals surface area contributed by atoms with Crippen molar-refractivity contribution in [1.29, 1.82) is 0 Å². The van der Waals surface area contributed by atoms with Crippen molar-refractivity contribution in [2.24, 2.45) is 0 Å². The minimum Gasteiger partial charge on any atom is -0.218 e. The minimum atomic E-state index is -3.46. The molecule has 0 atom stereocenters. The van der Waals surface area contributed by atoms with Gasteiger partial charge in [-0.1, -0.05) is 23.4 Å². The molecule has 0 spiro atoms. The van der Waals surface area contributed by atoms with Crippen molar-refractivity contribution in [3.05, 3.63) is 61.9 Å². The summed E-state index contributed by atoms with van der Waals surface area (Å²) in [5.74, 6) is 0. The topological polar surface area (TPSA) is 34.1 Å². The quantitative estimate of drug-likeness (QED) is 0.602. The Bertz CT molecular complexity index is 681. The van der Waals surface area contributed by atoms with Gasteiger partial charge in [-0.05, 0) is 59.5 Å². The largest absolute Gasteiger partial charge is 0.218 e.